The molecule has 1 N–H and O–H groups in total. The minimum absolute atomic E-state index is 0.129. The molecule has 0 aromatic heterocycles. The van der Waals surface area contributed by atoms with E-state index in [9.17, 15) is 14.4 Å². The van der Waals surface area contributed by atoms with Crippen LogP contribution in [0.2, 0.25) is 0 Å². The number of fused-ring (bicyclic) bond motifs is 1. The first-order chi connectivity index (χ1) is 18.8. The number of anilines is 1. The molecule has 1 aliphatic carbocycles. The van der Waals surface area contributed by atoms with Crippen LogP contribution in [0.3, 0.4) is 0 Å². The first kappa shape index (κ1) is 31.6. The maximum atomic E-state index is 14.1. The number of carbonyl (C=O) groups excluding carboxylic acids is 3. The number of carbonyl (C=O) groups is 3. The molecule has 0 radical (unpaired) electrons. The predicted molar refractivity (Wildman–Crippen MR) is 161 cm³/mol. The van der Waals surface area contributed by atoms with E-state index in [0.717, 1.165) is 42.6 Å². The van der Waals surface area contributed by atoms with Gasteiger partial charge >= 0.3 is 5.97 Å². The van der Waals surface area contributed by atoms with Gasteiger partial charge in [0.15, 0.2) is 0 Å². The highest BCUT2D eigenvalue weighted by molar-refractivity contribution is 6.14. The average molecular weight is 552 g/mol. The first-order valence-corrected chi connectivity index (χ1v) is 14.9. The van der Waals surface area contributed by atoms with E-state index in [1.165, 1.54) is 12.8 Å². The number of hydrogen-bond donors (Lipinski definition) is 1. The molecular formula is C33H49N3O4. The molecular weight excluding hydrogens is 502 g/mol. The molecule has 1 aromatic rings. The molecule has 7 heteroatoms. The summed E-state index contributed by atoms with van der Waals surface area (Å²) in [6.07, 6.45) is 7.98. The fourth-order valence-corrected chi connectivity index (χ4v) is 5.95. The van der Waals surface area contributed by atoms with E-state index in [1.54, 1.807) is 24.9 Å². The second-order valence-electron chi connectivity index (χ2n) is 13.1. The van der Waals surface area contributed by atoms with Gasteiger partial charge in [0.05, 0.1) is 22.7 Å². The molecule has 1 saturated carbocycles. The first-order valence-electron chi connectivity index (χ1n) is 14.9. The van der Waals surface area contributed by atoms with Crippen LogP contribution in [0.25, 0.3) is 0 Å². The summed E-state index contributed by atoms with van der Waals surface area (Å²) in [7, 11) is 1.74. The Morgan fingerprint density at radius 3 is 2.33 bits per heavy atom. The molecule has 1 aliphatic heterocycles. The van der Waals surface area contributed by atoms with Crippen molar-refractivity contribution in [3.05, 3.63) is 42.5 Å². The van der Waals surface area contributed by atoms with Crippen LogP contribution >= 0.6 is 0 Å². The Balaban J connectivity index is 2.03. The minimum atomic E-state index is -1.15. The Labute approximate surface area is 240 Å². The van der Waals surface area contributed by atoms with Crippen LogP contribution in [0, 0.1) is 23.2 Å². The standard InChI is InChI=1S/C33H49N3O4/c1-9-20-33(7,31(39)40-32(4,5)6)25(21-22(2)3)29(37)35-28-30(38)36(8)26-19-15-14-18-24(26)27(34-28)23-16-12-10-11-13-17-23/h9,14-15,18-19,22-23,25,28H,1,10-13,16-17,20-21H2,2-8H3,(H,35,37)/t25-,28?,33+/m0/s1. The van der Waals surface area contributed by atoms with Crippen LogP contribution in [0.15, 0.2) is 41.9 Å². The number of para-hydroxylation sites is 1. The van der Waals surface area contributed by atoms with Crippen molar-refractivity contribution >= 4 is 29.2 Å². The van der Waals surface area contributed by atoms with Crippen LogP contribution in [-0.2, 0) is 19.1 Å². The Morgan fingerprint density at radius 1 is 1.12 bits per heavy atom. The van der Waals surface area contributed by atoms with Crippen molar-refractivity contribution in [2.75, 3.05) is 11.9 Å². The number of nitrogens with zero attached hydrogens (tertiary/aromatic N) is 2. The monoisotopic (exact) mass is 551 g/mol. The lowest BCUT2D eigenvalue weighted by Crippen LogP contribution is -2.52. The van der Waals surface area contributed by atoms with Crippen LogP contribution < -0.4 is 10.2 Å². The molecule has 1 aromatic carbocycles. The van der Waals surface area contributed by atoms with Gasteiger partial charge in [-0.05, 0) is 65.4 Å². The van der Waals surface area contributed by atoms with Gasteiger partial charge in [0.25, 0.3) is 5.91 Å². The highest BCUT2D eigenvalue weighted by Gasteiger charge is 2.48. The maximum absolute atomic E-state index is 14.1. The van der Waals surface area contributed by atoms with Gasteiger partial charge in [-0.3, -0.25) is 19.4 Å². The zero-order valence-corrected chi connectivity index (χ0v) is 25.6. The van der Waals surface area contributed by atoms with E-state index in [2.05, 4.69) is 11.9 Å². The SMILES string of the molecule is C=CC[C@@](C)(C(=O)OC(C)(C)C)[C@@H](CC(C)C)C(=O)NC1N=C(C2CCCCCC2)c2ccccc2N(C)C1=O. The Bertz CT molecular complexity index is 1110. The number of benzene rings is 1. The third-order valence-corrected chi connectivity index (χ3v) is 8.12. The lowest BCUT2D eigenvalue weighted by molar-refractivity contribution is -0.172. The molecule has 7 nitrogen and oxygen atoms in total. The number of allylic oxidation sites excluding steroid dienone is 1. The molecule has 0 saturated heterocycles. The van der Waals surface area contributed by atoms with Gasteiger partial charge < -0.3 is 15.0 Å². The largest absolute Gasteiger partial charge is 0.460 e. The van der Waals surface area contributed by atoms with E-state index in [0.29, 0.717) is 6.42 Å². The average Bonchev–Trinajstić information content (AvgIpc) is 3.21. The minimum Gasteiger partial charge on any atom is -0.460 e. The highest BCUT2D eigenvalue weighted by Crippen LogP contribution is 2.39. The third-order valence-electron chi connectivity index (χ3n) is 8.12. The lowest BCUT2D eigenvalue weighted by atomic mass is 9.70. The fourth-order valence-electron chi connectivity index (χ4n) is 5.95. The van der Waals surface area contributed by atoms with Crippen molar-refractivity contribution in [3.63, 3.8) is 0 Å². The fraction of sp³-hybridized carbons (Fsp3) is 0.636. The molecule has 40 heavy (non-hydrogen) atoms. The van der Waals surface area contributed by atoms with Crippen LogP contribution in [0.4, 0.5) is 5.69 Å². The van der Waals surface area contributed by atoms with Crippen molar-refractivity contribution in [3.8, 4) is 0 Å². The molecule has 220 valence electrons. The van der Waals surface area contributed by atoms with Crippen molar-refractivity contribution in [1.82, 2.24) is 5.32 Å². The number of aliphatic imine (C=N–C) groups is 1. The number of hydrogen-bond acceptors (Lipinski definition) is 5. The summed E-state index contributed by atoms with van der Waals surface area (Å²) < 4.78 is 5.80. The molecule has 3 atom stereocenters. The number of amides is 2. The quantitative estimate of drug-likeness (QED) is 0.217. The van der Waals surface area contributed by atoms with E-state index < -0.39 is 29.1 Å². The van der Waals surface area contributed by atoms with Crippen LogP contribution in [0.1, 0.15) is 98.5 Å². The Morgan fingerprint density at radius 2 is 1.75 bits per heavy atom. The van der Waals surface area contributed by atoms with Crippen LogP contribution in [0.5, 0.6) is 0 Å². The number of likely N-dealkylation sites (N-methyl/N-ethyl adjacent to an activating group) is 1. The zero-order chi connectivity index (χ0) is 29.7. The maximum Gasteiger partial charge on any atom is 0.313 e. The smallest absolute Gasteiger partial charge is 0.313 e. The summed E-state index contributed by atoms with van der Waals surface area (Å²) in [5.74, 6) is -1.49. The predicted octanol–water partition coefficient (Wildman–Crippen LogP) is 6.45. The van der Waals surface area contributed by atoms with Gasteiger partial charge in [0.2, 0.25) is 12.1 Å². The Kier molecular flexibility index (Phi) is 10.4. The molecule has 0 spiro atoms. The van der Waals surface area contributed by atoms with Gasteiger partial charge in [-0.15, -0.1) is 6.58 Å². The number of ether oxygens (including phenoxy) is 1. The molecule has 0 bridgehead atoms. The number of nitrogens with one attached hydrogen (secondary N) is 1. The summed E-state index contributed by atoms with van der Waals surface area (Å²) in [4.78, 5) is 48.1. The zero-order valence-electron chi connectivity index (χ0n) is 25.6. The van der Waals surface area contributed by atoms with Gasteiger partial charge in [0, 0.05) is 18.5 Å². The van der Waals surface area contributed by atoms with E-state index in [1.807, 2.05) is 58.9 Å². The summed E-state index contributed by atoms with van der Waals surface area (Å²) in [6.45, 7) is 15.1. The van der Waals surface area contributed by atoms with Gasteiger partial charge in [0.1, 0.15) is 5.60 Å². The van der Waals surface area contributed by atoms with Crippen molar-refractivity contribution in [2.45, 2.75) is 105 Å². The lowest BCUT2D eigenvalue weighted by Gasteiger charge is -2.37. The van der Waals surface area contributed by atoms with Crippen molar-refractivity contribution < 1.29 is 19.1 Å². The molecule has 3 rings (SSSR count). The molecule has 2 amide bonds. The summed E-state index contributed by atoms with van der Waals surface area (Å²) in [5.41, 5.74) is 0.783. The molecule has 1 fully saturated rings. The normalized spacial score (nSPS) is 20.9. The van der Waals surface area contributed by atoms with Gasteiger partial charge in [-0.25, -0.2) is 0 Å². The number of rotatable bonds is 9. The van der Waals surface area contributed by atoms with Crippen molar-refractivity contribution in [1.29, 1.82) is 0 Å². The van der Waals surface area contributed by atoms with Crippen LogP contribution in [-0.4, -0.2) is 42.3 Å². The van der Waals surface area contributed by atoms with Gasteiger partial charge in [-0.2, -0.15) is 0 Å². The summed E-state index contributed by atoms with van der Waals surface area (Å²) in [5, 5.41) is 2.99. The third kappa shape index (κ3) is 7.41. The molecule has 1 heterocycles. The topological polar surface area (TPSA) is 88.1 Å². The second kappa shape index (κ2) is 13.1. The van der Waals surface area contributed by atoms with Crippen molar-refractivity contribution in [2.24, 2.45) is 28.2 Å². The summed E-state index contributed by atoms with van der Waals surface area (Å²) >= 11 is 0. The van der Waals surface area contributed by atoms with Gasteiger partial charge in [-0.1, -0.05) is 63.8 Å². The molecule has 1 unspecified atom stereocenters. The van der Waals surface area contributed by atoms with E-state index in [-0.39, 0.29) is 30.1 Å². The highest BCUT2D eigenvalue weighted by atomic mass is 16.6. The summed E-state index contributed by atoms with van der Waals surface area (Å²) in [6, 6.07) is 7.86. The van der Waals surface area contributed by atoms with E-state index >= 15 is 0 Å². The van der Waals surface area contributed by atoms with E-state index in [4.69, 9.17) is 9.73 Å². The number of esters is 1. The number of benzodiazepines with no additional fused rings is 1. The molecule has 2 aliphatic rings. The Hall–Kier alpha value is -2.96. The second-order valence-corrected chi connectivity index (χ2v) is 13.1.